The van der Waals surface area contributed by atoms with Crippen molar-refractivity contribution in [3.05, 3.63) is 28.8 Å². The van der Waals surface area contributed by atoms with Crippen LogP contribution in [-0.2, 0) is 9.47 Å². The van der Waals surface area contributed by atoms with Gasteiger partial charge in [0.2, 0.25) is 0 Å². The van der Waals surface area contributed by atoms with Crippen molar-refractivity contribution in [1.29, 1.82) is 0 Å². The molecule has 0 amide bonds. The quantitative estimate of drug-likeness (QED) is 0.805. The molecule has 0 aromatic heterocycles. The van der Waals surface area contributed by atoms with Crippen molar-refractivity contribution >= 4 is 17.4 Å². The number of rotatable bonds is 3. The second kappa shape index (κ2) is 5.95. The summed E-state index contributed by atoms with van der Waals surface area (Å²) in [5.74, 6) is 0.601. The minimum absolute atomic E-state index is 0.0622. The summed E-state index contributed by atoms with van der Waals surface area (Å²) in [6.07, 6.45) is 2.31. The van der Waals surface area contributed by atoms with Crippen LogP contribution in [-0.4, -0.2) is 38.3 Å². The number of carbonyl (C=O) groups excluding carboxylic acids is 1. The first-order chi connectivity index (χ1) is 10.1. The first-order valence-electron chi connectivity index (χ1n) is 7.23. The van der Waals surface area contributed by atoms with Gasteiger partial charge < -0.3 is 14.2 Å². The zero-order chi connectivity index (χ0) is 14.9. The van der Waals surface area contributed by atoms with Gasteiger partial charge in [0.25, 0.3) is 0 Å². The molecule has 2 heterocycles. The second-order valence-corrected chi connectivity index (χ2v) is 6.17. The Bertz CT molecular complexity index is 537. The molecule has 0 aliphatic carbocycles. The van der Waals surface area contributed by atoms with E-state index in [4.69, 9.17) is 25.8 Å². The van der Waals surface area contributed by atoms with Crippen LogP contribution < -0.4 is 4.74 Å². The highest BCUT2D eigenvalue weighted by atomic mass is 35.5. The van der Waals surface area contributed by atoms with E-state index in [1.165, 1.54) is 0 Å². The van der Waals surface area contributed by atoms with Crippen LogP contribution in [0.4, 0.5) is 0 Å². The maximum Gasteiger partial charge on any atom is 0.169 e. The molecule has 114 valence electrons. The van der Waals surface area contributed by atoms with Gasteiger partial charge in [-0.15, -0.1) is 0 Å². The molecule has 2 aliphatic rings. The molecule has 4 nitrogen and oxygen atoms in total. The van der Waals surface area contributed by atoms with E-state index in [0.29, 0.717) is 42.6 Å². The summed E-state index contributed by atoms with van der Waals surface area (Å²) in [4.78, 5) is 12.8. The third kappa shape index (κ3) is 2.93. The molecule has 0 N–H and O–H groups in total. The Hall–Kier alpha value is -1.10. The van der Waals surface area contributed by atoms with E-state index in [1.54, 1.807) is 25.3 Å². The van der Waals surface area contributed by atoms with Gasteiger partial charge in [-0.05, 0) is 31.0 Å². The highest BCUT2D eigenvalue weighted by Gasteiger charge is 2.43. The molecule has 0 radical (unpaired) electrons. The maximum atomic E-state index is 12.8. The molecule has 1 spiro atoms. The summed E-state index contributed by atoms with van der Waals surface area (Å²) in [5.41, 5.74) is 0.288. The monoisotopic (exact) mass is 310 g/mol. The number of ketones is 1. The first kappa shape index (κ1) is 14.8. The Morgan fingerprint density at radius 3 is 3.00 bits per heavy atom. The van der Waals surface area contributed by atoms with Crippen molar-refractivity contribution < 1.29 is 19.0 Å². The number of hydrogen-bond acceptors (Lipinski definition) is 4. The van der Waals surface area contributed by atoms with Gasteiger partial charge in [0.05, 0.1) is 24.9 Å². The predicted molar refractivity (Wildman–Crippen MR) is 79.2 cm³/mol. The van der Waals surface area contributed by atoms with Crippen LogP contribution in [0.1, 0.15) is 29.6 Å². The minimum Gasteiger partial charge on any atom is -0.496 e. The first-order valence-corrected chi connectivity index (χ1v) is 7.61. The lowest BCUT2D eigenvalue weighted by Crippen LogP contribution is -2.42. The number of methoxy groups -OCH3 is 1. The third-order valence-corrected chi connectivity index (χ3v) is 4.59. The van der Waals surface area contributed by atoms with Gasteiger partial charge in [-0.25, -0.2) is 0 Å². The summed E-state index contributed by atoms with van der Waals surface area (Å²) in [7, 11) is 1.57. The average Bonchev–Trinajstić information content (AvgIpc) is 2.94. The van der Waals surface area contributed by atoms with E-state index in [0.717, 1.165) is 12.8 Å². The molecule has 21 heavy (non-hydrogen) atoms. The fourth-order valence-corrected chi connectivity index (χ4v) is 3.38. The fraction of sp³-hybridized carbons (Fsp3) is 0.562. The number of Topliss-reactive ketones (excluding diaryl/α,β-unsaturated/α-hetero) is 1. The Kier molecular flexibility index (Phi) is 4.20. The molecule has 2 saturated heterocycles. The van der Waals surface area contributed by atoms with Gasteiger partial charge in [0.15, 0.2) is 5.78 Å². The van der Waals surface area contributed by atoms with Crippen molar-refractivity contribution in [3.8, 4) is 5.75 Å². The molecule has 3 rings (SSSR count). The Labute approximate surface area is 129 Å². The van der Waals surface area contributed by atoms with Gasteiger partial charge in [-0.2, -0.15) is 0 Å². The lowest BCUT2D eigenvalue weighted by atomic mass is 9.81. The van der Waals surface area contributed by atoms with Gasteiger partial charge in [-0.3, -0.25) is 4.79 Å². The van der Waals surface area contributed by atoms with E-state index in [9.17, 15) is 4.79 Å². The van der Waals surface area contributed by atoms with E-state index < -0.39 is 0 Å². The van der Waals surface area contributed by atoms with Crippen LogP contribution in [0.2, 0.25) is 5.02 Å². The molecule has 2 fully saturated rings. The molecule has 1 aromatic rings. The zero-order valence-corrected chi connectivity index (χ0v) is 12.8. The molecule has 0 bridgehead atoms. The number of halogens is 1. The number of carbonyl (C=O) groups is 1. The normalized spacial score (nSPS) is 28.8. The van der Waals surface area contributed by atoms with Crippen molar-refractivity contribution in [3.63, 3.8) is 0 Å². The van der Waals surface area contributed by atoms with Crippen LogP contribution in [0.15, 0.2) is 18.2 Å². The van der Waals surface area contributed by atoms with E-state index in [1.807, 2.05) is 0 Å². The molecular weight excluding hydrogens is 292 g/mol. The summed E-state index contributed by atoms with van der Waals surface area (Å²) in [6.45, 7) is 1.90. The lowest BCUT2D eigenvalue weighted by Gasteiger charge is -2.36. The molecule has 5 heteroatoms. The number of hydrogen-bond donors (Lipinski definition) is 0. The summed E-state index contributed by atoms with van der Waals surface area (Å²) >= 11 is 6.02. The smallest absolute Gasteiger partial charge is 0.169 e. The van der Waals surface area contributed by atoms with E-state index >= 15 is 0 Å². The zero-order valence-electron chi connectivity index (χ0n) is 12.1. The molecule has 2 aliphatic heterocycles. The Morgan fingerprint density at radius 2 is 2.29 bits per heavy atom. The molecule has 2 atom stereocenters. The van der Waals surface area contributed by atoms with Crippen molar-refractivity contribution in [2.75, 3.05) is 26.9 Å². The van der Waals surface area contributed by atoms with Gasteiger partial charge >= 0.3 is 0 Å². The van der Waals surface area contributed by atoms with Crippen LogP contribution in [0.25, 0.3) is 0 Å². The largest absolute Gasteiger partial charge is 0.496 e. The van der Waals surface area contributed by atoms with Crippen LogP contribution >= 0.6 is 11.6 Å². The Morgan fingerprint density at radius 1 is 1.43 bits per heavy atom. The highest BCUT2D eigenvalue weighted by molar-refractivity contribution is 6.31. The average molecular weight is 311 g/mol. The summed E-state index contributed by atoms with van der Waals surface area (Å²) in [5, 5.41) is 0.546. The van der Waals surface area contributed by atoms with Crippen LogP contribution in [0, 0.1) is 5.92 Å². The predicted octanol–water partition coefficient (Wildman–Crippen LogP) is 3.12. The van der Waals surface area contributed by atoms with E-state index in [-0.39, 0.29) is 17.3 Å². The SMILES string of the molecule is COc1ccc(Cl)cc1C(=O)C1CCOC2(CCOC2)C1. The van der Waals surface area contributed by atoms with Crippen molar-refractivity contribution in [1.82, 2.24) is 0 Å². The lowest BCUT2D eigenvalue weighted by molar-refractivity contribution is -0.0920. The van der Waals surface area contributed by atoms with Crippen LogP contribution in [0.3, 0.4) is 0 Å². The maximum absolute atomic E-state index is 12.8. The summed E-state index contributed by atoms with van der Waals surface area (Å²) < 4.78 is 16.6. The van der Waals surface area contributed by atoms with Crippen molar-refractivity contribution in [2.45, 2.75) is 24.9 Å². The topological polar surface area (TPSA) is 44.8 Å². The standard InChI is InChI=1S/C16H19ClO4/c1-19-14-3-2-12(17)8-13(14)15(18)11-4-6-21-16(9-11)5-7-20-10-16/h2-3,8,11H,4-7,9-10H2,1H3. The second-order valence-electron chi connectivity index (χ2n) is 5.73. The summed E-state index contributed by atoms with van der Waals surface area (Å²) in [6, 6.07) is 5.16. The molecule has 0 saturated carbocycles. The molecule has 1 aromatic carbocycles. The number of ether oxygens (including phenoxy) is 3. The highest BCUT2D eigenvalue weighted by Crippen LogP contribution is 2.38. The fourth-order valence-electron chi connectivity index (χ4n) is 3.21. The minimum atomic E-state index is -0.273. The van der Waals surface area contributed by atoms with Gasteiger partial charge in [0.1, 0.15) is 5.75 Å². The molecular formula is C16H19ClO4. The van der Waals surface area contributed by atoms with E-state index in [2.05, 4.69) is 0 Å². The van der Waals surface area contributed by atoms with Crippen molar-refractivity contribution in [2.24, 2.45) is 5.92 Å². The van der Waals surface area contributed by atoms with Gasteiger partial charge in [-0.1, -0.05) is 11.6 Å². The molecule has 2 unspecified atom stereocenters. The Balaban J connectivity index is 1.83. The van der Waals surface area contributed by atoms with Gasteiger partial charge in [0, 0.05) is 30.6 Å². The third-order valence-electron chi connectivity index (χ3n) is 4.36. The number of benzene rings is 1. The van der Waals surface area contributed by atoms with Crippen LogP contribution in [0.5, 0.6) is 5.75 Å².